The Balaban J connectivity index is 1.60. The zero-order valence-electron chi connectivity index (χ0n) is 11.8. The lowest BCUT2D eigenvalue weighted by molar-refractivity contribution is -0.131. The zero-order chi connectivity index (χ0) is 13.5. The van der Waals surface area contributed by atoms with Gasteiger partial charge in [0, 0.05) is 18.7 Å². The average Bonchev–Trinajstić information content (AvgIpc) is 2.32. The molecule has 0 heterocycles. The zero-order valence-corrected chi connectivity index (χ0v) is 11.8. The fourth-order valence-electron chi connectivity index (χ4n) is 5.33. The van der Waals surface area contributed by atoms with Gasteiger partial charge in [-0.25, -0.2) is 4.79 Å². The number of aliphatic carboxylic acids is 1. The van der Waals surface area contributed by atoms with Crippen LogP contribution < -0.4 is 5.32 Å². The van der Waals surface area contributed by atoms with Crippen LogP contribution >= 0.6 is 0 Å². The Bertz CT molecular complexity index is 353. The molecule has 4 saturated carbocycles. The Kier molecular flexibility index (Phi) is 3.42. The molecule has 4 aliphatic rings. The predicted octanol–water partition coefficient (Wildman–Crippen LogP) is 2.82. The molecule has 0 aromatic heterocycles. The lowest BCUT2D eigenvalue weighted by Crippen LogP contribution is -2.54. The molecule has 0 amide bonds. The minimum Gasteiger partial charge on any atom is -0.478 e. The summed E-state index contributed by atoms with van der Waals surface area (Å²) in [6.45, 7) is 2.98. The molecule has 19 heavy (non-hydrogen) atoms. The van der Waals surface area contributed by atoms with Gasteiger partial charge in [-0.05, 0) is 68.6 Å². The van der Waals surface area contributed by atoms with Crippen LogP contribution in [0.15, 0.2) is 12.2 Å². The van der Waals surface area contributed by atoms with Gasteiger partial charge in [0.05, 0.1) is 0 Å². The monoisotopic (exact) mass is 263 g/mol. The van der Waals surface area contributed by atoms with E-state index in [2.05, 4.69) is 12.2 Å². The minimum atomic E-state index is -0.857. The molecule has 4 rings (SSSR count). The van der Waals surface area contributed by atoms with Crippen LogP contribution in [-0.2, 0) is 4.79 Å². The predicted molar refractivity (Wildman–Crippen MR) is 74.8 cm³/mol. The second-order valence-electron chi connectivity index (χ2n) is 7.15. The van der Waals surface area contributed by atoms with Gasteiger partial charge in [0.2, 0.25) is 0 Å². The van der Waals surface area contributed by atoms with Crippen molar-refractivity contribution in [3.63, 3.8) is 0 Å². The summed E-state index contributed by atoms with van der Waals surface area (Å²) >= 11 is 0. The van der Waals surface area contributed by atoms with Gasteiger partial charge in [-0.1, -0.05) is 6.08 Å². The topological polar surface area (TPSA) is 49.3 Å². The van der Waals surface area contributed by atoms with Crippen LogP contribution in [0.25, 0.3) is 0 Å². The highest BCUT2D eigenvalue weighted by molar-refractivity contribution is 5.79. The van der Waals surface area contributed by atoms with E-state index in [9.17, 15) is 4.79 Å². The molecule has 106 valence electrons. The summed E-state index contributed by atoms with van der Waals surface area (Å²) in [6.07, 6.45) is 11.6. The third-order valence-electron chi connectivity index (χ3n) is 5.81. The average molecular weight is 263 g/mol. The largest absolute Gasteiger partial charge is 0.478 e. The molecule has 0 aromatic rings. The lowest BCUT2D eigenvalue weighted by Gasteiger charge is -2.59. The van der Waals surface area contributed by atoms with E-state index in [-0.39, 0.29) is 0 Å². The number of carboxylic acids is 1. The van der Waals surface area contributed by atoms with Crippen LogP contribution in [0.5, 0.6) is 0 Å². The third kappa shape index (κ3) is 2.58. The van der Waals surface area contributed by atoms with Crippen molar-refractivity contribution in [3.8, 4) is 0 Å². The molecule has 4 aliphatic carbocycles. The lowest BCUT2D eigenvalue weighted by atomic mass is 9.48. The third-order valence-corrected chi connectivity index (χ3v) is 5.81. The van der Waals surface area contributed by atoms with Crippen LogP contribution in [0.1, 0.15) is 45.4 Å². The molecule has 0 saturated heterocycles. The quantitative estimate of drug-likeness (QED) is 0.750. The molecule has 0 aromatic carbocycles. The van der Waals surface area contributed by atoms with Crippen molar-refractivity contribution in [1.82, 2.24) is 5.32 Å². The van der Waals surface area contributed by atoms with E-state index in [0.29, 0.717) is 18.0 Å². The molecule has 0 spiro atoms. The summed E-state index contributed by atoms with van der Waals surface area (Å²) < 4.78 is 0. The van der Waals surface area contributed by atoms with E-state index in [4.69, 9.17) is 5.11 Å². The Labute approximate surface area is 115 Å². The summed E-state index contributed by atoms with van der Waals surface area (Å²) in [7, 11) is 0. The Morgan fingerprint density at radius 2 is 1.79 bits per heavy atom. The van der Waals surface area contributed by atoms with Crippen molar-refractivity contribution in [1.29, 1.82) is 0 Å². The smallest absolute Gasteiger partial charge is 0.328 e. The SMILES string of the molecule is CC(NC/C=C/C(=O)O)C12CC3CC(CC(C3)C1)C2. The molecule has 4 bridgehead atoms. The number of hydrogen-bond donors (Lipinski definition) is 2. The van der Waals surface area contributed by atoms with Crippen LogP contribution in [0.3, 0.4) is 0 Å². The maximum Gasteiger partial charge on any atom is 0.328 e. The van der Waals surface area contributed by atoms with Gasteiger partial charge >= 0.3 is 5.97 Å². The summed E-state index contributed by atoms with van der Waals surface area (Å²) in [5, 5.41) is 12.1. The van der Waals surface area contributed by atoms with Gasteiger partial charge in [-0.3, -0.25) is 0 Å². The fraction of sp³-hybridized carbons (Fsp3) is 0.812. The van der Waals surface area contributed by atoms with Gasteiger partial charge in [0.15, 0.2) is 0 Å². The van der Waals surface area contributed by atoms with E-state index >= 15 is 0 Å². The second kappa shape index (κ2) is 4.93. The Morgan fingerprint density at radius 1 is 1.26 bits per heavy atom. The normalized spacial score (nSPS) is 41.8. The van der Waals surface area contributed by atoms with Crippen LogP contribution in [0.4, 0.5) is 0 Å². The summed E-state index contributed by atoms with van der Waals surface area (Å²) in [5.41, 5.74) is 0.506. The van der Waals surface area contributed by atoms with Crippen molar-refractivity contribution in [2.75, 3.05) is 6.54 Å². The first-order valence-electron chi connectivity index (χ1n) is 7.70. The number of carbonyl (C=O) groups is 1. The fourth-order valence-corrected chi connectivity index (χ4v) is 5.33. The van der Waals surface area contributed by atoms with Crippen LogP contribution in [0, 0.1) is 23.2 Å². The summed E-state index contributed by atoms with van der Waals surface area (Å²) in [5.74, 6) is 2.07. The maximum atomic E-state index is 10.5. The van der Waals surface area contributed by atoms with Crippen molar-refractivity contribution in [2.45, 2.75) is 51.5 Å². The molecule has 3 nitrogen and oxygen atoms in total. The van der Waals surface area contributed by atoms with Gasteiger partial charge in [0.25, 0.3) is 0 Å². The molecule has 2 N–H and O–H groups in total. The number of carboxylic acid groups (broad SMARTS) is 1. The van der Waals surface area contributed by atoms with Gasteiger partial charge in [0.1, 0.15) is 0 Å². The van der Waals surface area contributed by atoms with Crippen molar-refractivity contribution < 1.29 is 9.90 Å². The van der Waals surface area contributed by atoms with Crippen molar-refractivity contribution in [3.05, 3.63) is 12.2 Å². The van der Waals surface area contributed by atoms with E-state index in [1.54, 1.807) is 6.08 Å². The molecule has 3 heteroatoms. The Morgan fingerprint density at radius 3 is 2.26 bits per heavy atom. The minimum absolute atomic E-state index is 0.506. The molecular weight excluding hydrogens is 238 g/mol. The van der Waals surface area contributed by atoms with E-state index < -0.39 is 5.97 Å². The molecule has 1 unspecified atom stereocenters. The molecule has 4 fully saturated rings. The highest BCUT2D eigenvalue weighted by atomic mass is 16.4. The van der Waals surface area contributed by atoms with Gasteiger partial charge in [-0.2, -0.15) is 0 Å². The van der Waals surface area contributed by atoms with Crippen LogP contribution in [-0.4, -0.2) is 23.7 Å². The first-order chi connectivity index (χ1) is 9.07. The molecule has 0 radical (unpaired) electrons. The first kappa shape index (κ1) is 13.2. The molecular formula is C16H25NO2. The van der Waals surface area contributed by atoms with Crippen molar-refractivity contribution in [2.24, 2.45) is 23.2 Å². The van der Waals surface area contributed by atoms with Gasteiger partial charge in [-0.15, -0.1) is 0 Å². The number of hydrogen-bond acceptors (Lipinski definition) is 2. The standard InChI is InChI=1S/C16H25NO2/c1-11(17-4-2-3-15(18)19)16-8-12-5-13(9-16)7-14(6-12)10-16/h2-3,11-14,17H,4-10H2,1H3,(H,18,19)/b3-2+. The van der Waals surface area contributed by atoms with Gasteiger partial charge < -0.3 is 10.4 Å². The second-order valence-corrected chi connectivity index (χ2v) is 7.15. The summed E-state index contributed by atoms with van der Waals surface area (Å²) in [6, 6.07) is 0.513. The Hall–Kier alpha value is -0.830. The summed E-state index contributed by atoms with van der Waals surface area (Å²) in [4.78, 5) is 10.5. The van der Waals surface area contributed by atoms with E-state index in [1.165, 1.54) is 44.6 Å². The highest BCUT2D eigenvalue weighted by Crippen LogP contribution is 2.61. The molecule has 1 atom stereocenters. The highest BCUT2D eigenvalue weighted by Gasteiger charge is 2.52. The van der Waals surface area contributed by atoms with E-state index in [0.717, 1.165) is 17.8 Å². The molecule has 0 aliphatic heterocycles. The first-order valence-corrected chi connectivity index (χ1v) is 7.70. The van der Waals surface area contributed by atoms with E-state index in [1.807, 2.05) is 0 Å². The van der Waals surface area contributed by atoms with Crippen molar-refractivity contribution >= 4 is 5.97 Å². The number of nitrogens with one attached hydrogen (secondary N) is 1. The van der Waals surface area contributed by atoms with Crippen LogP contribution in [0.2, 0.25) is 0 Å². The number of rotatable bonds is 5. The maximum absolute atomic E-state index is 10.5.